The van der Waals surface area contributed by atoms with Crippen LogP contribution in [-0.2, 0) is 4.79 Å². The molecule has 0 radical (unpaired) electrons. The fourth-order valence-corrected chi connectivity index (χ4v) is 0.376. The first kappa shape index (κ1) is 12.2. The first-order valence-corrected chi connectivity index (χ1v) is 3.30. The Hall–Kier alpha value is -1.79. The number of pyridine rings is 1. The van der Waals surface area contributed by atoms with Gasteiger partial charge in [0.15, 0.2) is 0 Å². The molecule has 78 valence electrons. The highest BCUT2D eigenvalue weighted by molar-refractivity contribution is 5.73. The number of carbonyl (C=O) groups is 1. The maximum absolute atomic E-state index is 10.6. The van der Waals surface area contributed by atoms with Crippen LogP contribution in [0.25, 0.3) is 0 Å². The summed E-state index contributed by atoms with van der Waals surface area (Å²) in [5.41, 5.74) is 5.25. The molecule has 0 amide bonds. The normalized spacial score (nSPS) is 9.93. The van der Waals surface area contributed by atoms with Crippen molar-refractivity contribution >= 4 is 11.8 Å². The van der Waals surface area contributed by atoms with Crippen LogP contribution in [0.15, 0.2) is 24.4 Å². The first-order valence-electron chi connectivity index (χ1n) is 3.30. The molecule has 0 aromatic carbocycles. The van der Waals surface area contributed by atoms with Gasteiger partial charge in [-0.25, -0.2) is 9.78 Å². The number of nitrogens with zero attached hydrogens (tertiary/aromatic N) is 1. The molecule has 0 saturated heterocycles. The van der Waals surface area contributed by atoms with Gasteiger partial charge in [0, 0.05) is 6.20 Å². The SMILES string of the molecule is Nc1ccccn1.O=C(O)C(F)(F)F. The lowest BCUT2D eigenvalue weighted by molar-refractivity contribution is -0.192. The van der Waals surface area contributed by atoms with Gasteiger partial charge in [0.2, 0.25) is 0 Å². The van der Waals surface area contributed by atoms with Crippen molar-refractivity contribution in [3.8, 4) is 0 Å². The first-order chi connectivity index (χ1) is 6.34. The summed E-state index contributed by atoms with van der Waals surface area (Å²) in [4.78, 5) is 12.7. The molecular weight excluding hydrogens is 201 g/mol. The van der Waals surface area contributed by atoms with Gasteiger partial charge in [-0.3, -0.25) is 0 Å². The van der Waals surface area contributed by atoms with E-state index in [0.717, 1.165) is 0 Å². The Kier molecular flexibility index (Phi) is 4.41. The number of hydrogen-bond acceptors (Lipinski definition) is 3. The summed E-state index contributed by atoms with van der Waals surface area (Å²) in [6, 6.07) is 5.43. The molecular formula is C7H7F3N2O2. The van der Waals surface area contributed by atoms with E-state index in [1.165, 1.54) is 0 Å². The average Bonchev–Trinajstić information content (AvgIpc) is 2.04. The van der Waals surface area contributed by atoms with Gasteiger partial charge in [0.25, 0.3) is 0 Å². The summed E-state index contributed by atoms with van der Waals surface area (Å²) >= 11 is 0. The highest BCUT2D eigenvalue weighted by Crippen LogP contribution is 2.13. The fourth-order valence-electron chi connectivity index (χ4n) is 0.376. The highest BCUT2D eigenvalue weighted by atomic mass is 19.4. The van der Waals surface area contributed by atoms with Crippen LogP contribution in [0.4, 0.5) is 19.0 Å². The van der Waals surface area contributed by atoms with E-state index in [-0.39, 0.29) is 0 Å². The van der Waals surface area contributed by atoms with Crippen LogP contribution in [0, 0.1) is 0 Å². The van der Waals surface area contributed by atoms with Gasteiger partial charge in [-0.1, -0.05) is 6.07 Å². The second-order valence-electron chi connectivity index (χ2n) is 2.06. The number of halogens is 3. The molecule has 1 rings (SSSR count). The fraction of sp³-hybridized carbons (Fsp3) is 0.143. The number of rotatable bonds is 0. The topological polar surface area (TPSA) is 76.2 Å². The van der Waals surface area contributed by atoms with Crippen LogP contribution in [0.1, 0.15) is 0 Å². The lowest BCUT2D eigenvalue weighted by atomic mass is 10.5. The number of aromatic nitrogens is 1. The Morgan fingerprint density at radius 2 is 1.93 bits per heavy atom. The molecule has 1 aromatic heterocycles. The van der Waals surface area contributed by atoms with Crippen LogP contribution >= 0.6 is 0 Å². The number of anilines is 1. The van der Waals surface area contributed by atoms with Crippen molar-refractivity contribution < 1.29 is 23.1 Å². The highest BCUT2D eigenvalue weighted by Gasteiger charge is 2.38. The van der Waals surface area contributed by atoms with E-state index >= 15 is 0 Å². The maximum Gasteiger partial charge on any atom is 0.490 e. The number of alkyl halides is 3. The monoisotopic (exact) mass is 208 g/mol. The van der Waals surface area contributed by atoms with E-state index in [1.807, 2.05) is 12.1 Å². The maximum atomic E-state index is 10.6. The van der Waals surface area contributed by atoms with E-state index in [2.05, 4.69) is 4.98 Å². The van der Waals surface area contributed by atoms with Crippen molar-refractivity contribution in [2.24, 2.45) is 0 Å². The van der Waals surface area contributed by atoms with Gasteiger partial charge in [-0.2, -0.15) is 13.2 Å². The number of carboxylic acid groups (broad SMARTS) is 1. The summed E-state index contributed by atoms with van der Waals surface area (Å²) in [5, 5.41) is 7.12. The van der Waals surface area contributed by atoms with E-state index in [0.29, 0.717) is 5.82 Å². The lowest BCUT2D eigenvalue weighted by Gasteiger charge is -1.93. The zero-order valence-corrected chi connectivity index (χ0v) is 6.82. The molecule has 0 atom stereocenters. The average molecular weight is 208 g/mol. The second kappa shape index (κ2) is 5.05. The molecule has 14 heavy (non-hydrogen) atoms. The lowest BCUT2D eigenvalue weighted by Crippen LogP contribution is -2.21. The molecule has 0 unspecified atom stereocenters. The second-order valence-corrected chi connectivity index (χ2v) is 2.06. The van der Waals surface area contributed by atoms with Crippen LogP contribution < -0.4 is 5.73 Å². The number of aliphatic carboxylic acids is 1. The third-order valence-corrected chi connectivity index (χ3v) is 0.930. The number of nitrogen functional groups attached to an aromatic ring is 1. The molecule has 0 bridgehead atoms. The van der Waals surface area contributed by atoms with Gasteiger partial charge < -0.3 is 10.8 Å². The van der Waals surface area contributed by atoms with Crippen LogP contribution in [0.2, 0.25) is 0 Å². The molecule has 4 nitrogen and oxygen atoms in total. The quantitative estimate of drug-likeness (QED) is 0.673. The van der Waals surface area contributed by atoms with E-state index in [1.54, 1.807) is 12.3 Å². The van der Waals surface area contributed by atoms with Gasteiger partial charge in [-0.05, 0) is 12.1 Å². The molecule has 3 N–H and O–H groups in total. The third-order valence-electron chi connectivity index (χ3n) is 0.930. The van der Waals surface area contributed by atoms with E-state index < -0.39 is 12.1 Å². The minimum atomic E-state index is -5.08. The molecule has 0 aliphatic rings. The van der Waals surface area contributed by atoms with Crippen molar-refractivity contribution in [3.05, 3.63) is 24.4 Å². The predicted molar refractivity (Wildman–Crippen MR) is 42.3 cm³/mol. The molecule has 1 aromatic rings. The molecule has 0 aliphatic carbocycles. The Morgan fingerprint density at radius 1 is 1.43 bits per heavy atom. The Morgan fingerprint density at radius 3 is 2.07 bits per heavy atom. The van der Waals surface area contributed by atoms with Gasteiger partial charge >= 0.3 is 12.1 Å². The van der Waals surface area contributed by atoms with E-state index in [4.69, 9.17) is 15.6 Å². The third kappa shape index (κ3) is 5.81. The van der Waals surface area contributed by atoms with Gasteiger partial charge in [0.05, 0.1) is 0 Å². The van der Waals surface area contributed by atoms with Crippen molar-refractivity contribution in [1.29, 1.82) is 0 Å². The summed E-state index contributed by atoms with van der Waals surface area (Å²) in [5.74, 6) is -2.19. The minimum Gasteiger partial charge on any atom is -0.475 e. The standard InChI is InChI=1S/C5H6N2.C2HF3O2/c6-5-3-1-2-4-7-5;3-2(4,5)1(6)7/h1-4H,(H2,6,7);(H,6,7). The van der Waals surface area contributed by atoms with E-state index in [9.17, 15) is 13.2 Å². The van der Waals surface area contributed by atoms with Crippen LogP contribution in [0.3, 0.4) is 0 Å². The smallest absolute Gasteiger partial charge is 0.475 e. The Bertz CT molecular complexity index is 287. The van der Waals surface area contributed by atoms with Crippen LogP contribution in [-0.4, -0.2) is 22.2 Å². The zero-order chi connectivity index (χ0) is 11.2. The molecule has 0 spiro atoms. The predicted octanol–water partition coefficient (Wildman–Crippen LogP) is 1.30. The van der Waals surface area contributed by atoms with Crippen LogP contribution in [0.5, 0.6) is 0 Å². The van der Waals surface area contributed by atoms with Crippen molar-refractivity contribution in [1.82, 2.24) is 4.98 Å². The number of carboxylic acids is 1. The van der Waals surface area contributed by atoms with Crippen molar-refractivity contribution in [3.63, 3.8) is 0 Å². The summed E-state index contributed by atoms with van der Waals surface area (Å²) in [6.45, 7) is 0. The zero-order valence-electron chi connectivity index (χ0n) is 6.82. The molecule has 7 heteroatoms. The summed E-state index contributed by atoms with van der Waals surface area (Å²) < 4.78 is 31.7. The molecule has 0 aliphatic heterocycles. The van der Waals surface area contributed by atoms with Crippen molar-refractivity contribution in [2.75, 3.05) is 5.73 Å². The summed E-state index contributed by atoms with van der Waals surface area (Å²) in [6.07, 6.45) is -3.42. The minimum absolute atomic E-state index is 0.572. The van der Waals surface area contributed by atoms with Crippen molar-refractivity contribution in [2.45, 2.75) is 6.18 Å². The molecule has 1 heterocycles. The number of nitrogens with two attached hydrogens (primary N) is 1. The largest absolute Gasteiger partial charge is 0.490 e. The number of hydrogen-bond donors (Lipinski definition) is 2. The molecule has 0 fully saturated rings. The van der Waals surface area contributed by atoms with Gasteiger partial charge in [-0.15, -0.1) is 0 Å². The molecule has 0 saturated carbocycles. The summed E-state index contributed by atoms with van der Waals surface area (Å²) in [7, 11) is 0. The Labute approximate surface area is 77.2 Å². The van der Waals surface area contributed by atoms with Gasteiger partial charge in [0.1, 0.15) is 5.82 Å². The Balaban J connectivity index is 0.000000241.